The minimum atomic E-state index is -4.47. The van der Waals surface area contributed by atoms with Gasteiger partial charge in [-0.25, -0.2) is 0 Å². The van der Waals surface area contributed by atoms with Gasteiger partial charge in [0.15, 0.2) is 0 Å². The molecule has 0 N–H and O–H groups in total. The van der Waals surface area contributed by atoms with Crippen LogP contribution in [0.5, 0.6) is 11.5 Å². The molecule has 0 spiro atoms. The van der Waals surface area contributed by atoms with E-state index in [1.165, 1.54) is 18.2 Å². The zero-order valence-corrected chi connectivity index (χ0v) is 17.6. The maximum Gasteiger partial charge on any atom is 0.416 e. The van der Waals surface area contributed by atoms with Crippen molar-refractivity contribution >= 4 is 11.8 Å². The highest BCUT2D eigenvalue weighted by atomic mass is 19.4. The molecule has 0 radical (unpaired) electrons. The van der Waals surface area contributed by atoms with Gasteiger partial charge in [-0.1, -0.05) is 30.3 Å². The van der Waals surface area contributed by atoms with Crippen LogP contribution < -0.4 is 4.74 Å². The number of benzene rings is 3. The van der Waals surface area contributed by atoms with Crippen molar-refractivity contribution in [2.75, 3.05) is 26.2 Å². The zero-order chi connectivity index (χ0) is 23.4. The van der Waals surface area contributed by atoms with E-state index in [1.54, 1.807) is 52.3 Å². The van der Waals surface area contributed by atoms with E-state index in [0.717, 1.165) is 12.1 Å². The lowest BCUT2D eigenvalue weighted by Gasteiger charge is -2.35. The first-order valence-corrected chi connectivity index (χ1v) is 10.4. The Morgan fingerprint density at radius 1 is 0.667 bits per heavy atom. The fraction of sp³-hybridized carbons (Fsp3) is 0.200. The molecule has 3 aromatic carbocycles. The molecular formula is C25H21F3N2O3. The highest BCUT2D eigenvalue weighted by Crippen LogP contribution is 2.33. The Hall–Kier alpha value is -3.81. The number of carbonyl (C=O) groups is 2. The molecule has 0 bridgehead atoms. The lowest BCUT2D eigenvalue weighted by molar-refractivity contribution is -0.137. The van der Waals surface area contributed by atoms with Crippen LogP contribution in [0, 0.1) is 0 Å². The van der Waals surface area contributed by atoms with Crippen molar-refractivity contribution in [2.24, 2.45) is 0 Å². The number of nitrogens with zero attached hydrogens (tertiary/aromatic N) is 2. The van der Waals surface area contributed by atoms with Crippen LogP contribution in [0.25, 0.3) is 0 Å². The Labute approximate surface area is 189 Å². The van der Waals surface area contributed by atoms with Gasteiger partial charge < -0.3 is 14.5 Å². The maximum absolute atomic E-state index is 13.0. The van der Waals surface area contributed by atoms with Crippen molar-refractivity contribution < 1.29 is 27.5 Å². The van der Waals surface area contributed by atoms with Gasteiger partial charge in [0.2, 0.25) is 0 Å². The Balaban J connectivity index is 1.40. The number of ether oxygens (including phenoxy) is 1. The predicted octanol–water partition coefficient (Wildman–Crippen LogP) is 5.10. The van der Waals surface area contributed by atoms with Gasteiger partial charge in [0.25, 0.3) is 11.8 Å². The average Bonchev–Trinajstić information content (AvgIpc) is 2.83. The molecule has 3 aromatic rings. The number of carbonyl (C=O) groups excluding carboxylic acids is 2. The minimum Gasteiger partial charge on any atom is -0.457 e. The summed E-state index contributed by atoms with van der Waals surface area (Å²) in [4.78, 5) is 28.9. The number of rotatable bonds is 4. The van der Waals surface area contributed by atoms with Crippen LogP contribution in [0.2, 0.25) is 0 Å². The van der Waals surface area contributed by atoms with Crippen LogP contribution in [0.1, 0.15) is 26.3 Å². The molecule has 4 rings (SSSR count). The Morgan fingerprint density at radius 2 is 1.18 bits per heavy atom. The third kappa shape index (κ3) is 5.34. The van der Waals surface area contributed by atoms with Gasteiger partial charge in [-0.2, -0.15) is 13.2 Å². The van der Waals surface area contributed by atoms with E-state index in [0.29, 0.717) is 37.3 Å². The molecule has 1 saturated heterocycles. The van der Waals surface area contributed by atoms with Crippen molar-refractivity contribution in [1.82, 2.24) is 9.80 Å². The summed E-state index contributed by atoms with van der Waals surface area (Å²) in [5.74, 6) is -0.00369. The number of alkyl halides is 3. The van der Waals surface area contributed by atoms with Crippen LogP contribution in [0.4, 0.5) is 13.2 Å². The van der Waals surface area contributed by atoms with Crippen LogP contribution in [0.15, 0.2) is 78.9 Å². The summed E-state index contributed by atoms with van der Waals surface area (Å²) in [6.45, 7) is 1.60. The highest BCUT2D eigenvalue weighted by Gasteiger charge is 2.30. The summed E-state index contributed by atoms with van der Waals surface area (Å²) in [6, 6.07) is 19.9. The number of hydrogen-bond acceptors (Lipinski definition) is 3. The van der Waals surface area contributed by atoms with Crippen LogP contribution >= 0.6 is 0 Å². The van der Waals surface area contributed by atoms with E-state index in [9.17, 15) is 22.8 Å². The molecule has 5 nitrogen and oxygen atoms in total. The Kier molecular flexibility index (Phi) is 6.35. The molecule has 0 atom stereocenters. The highest BCUT2D eigenvalue weighted by molar-refractivity contribution is 5.96. The molecule has 8 heteroatoms. The van der Waals surface area contributed by atoms with Gasteiger partial charge in [0.1, 0.15) is 11.5 Å². The van der Waals surface area contributed by atoms with Gasteiger partial charge in [-0.05, 0) is 48.5 Å². The van der Waals surface area contributed by atoms with Crippen LogP contribution in [0.3, 0.4) is 0 Å². The third-order valence-corrected chi connectivity index (χ3v) is 5.35. The van der Waals surface area contributed by atoms with Crippen molar-refractivity contribution in [3.05, 3.63) is 95.6 Å². The number of amides is 2. The molecule has 0 unspecified atom stereocenters. The average molecular weight is 454 g/mol. The van der Waals surface area contributed by atoms with E-state index in [4.69, 9.17) is 4.74 Å². The Bertz CT molecular complexity index is 1140. The molecule has 1 aliphatic heterocycles. The molecule has 1 fully saturated rings. The van der Waals surface area contributed by atoms with E-state index in [2.05, 4.69) is 0 Å². The van der Waals surface area contributed by atoms with E-state index in [1.807, 2.05) is 6.07 Å². The second-order valence-corrected chi connectivity index (χ2v) is 7.61. The van der Waals surface area contributed by atoms with Gasteiger partial charge in [-0.15, -0.1) is 0 Å². The molecule has 1 aliphatic rings. The fourth-order valence-electron chi connectivity index (χ4n) is 3.62. The van der Waals surface area contributed by atoms with E-state index < -0.39 is 11.7 Å². The Morgan fingerprint density at radius 3 is 1.79 bits per heavy atom. The van der Waals surface area contributed by atoms with E-state index in [-0.39, 0.29) is 23.3 Å². The third-order valence-electron chi connectivity index (χ3n) is 5.35. The standard InChI is InChI=1S/C25H21F3N2O3/c26-25(27,28)20-9-5-11-22(17-20)33-21-10-4-8-19(16-21)24(32)30-14-12-29(13-15-30)23(31)18-6-2-1-3-7-18/h1-11,16-17H,12-15H2. The molecule has 33 heavy (non-hydrogen) atoms. The molecule has 0 aromatic heterocycles. The van der Waals surface area contributed by atoms with Crippen LogP contribution in [-0.2, 0) is 6.18 Å². The summed E-state index contributed by atoms with van der Waals surface area (Å²) in [6.07, 6.45) is -4.47. The number of piperazine rings is 1. The first kappa shape index (κ1) is 22.4. The summed E-state index contributed by atoms with van der Waals surface area (Å²) in [7, 11) is 0. The van der Waals surface area contributed by atoms with Crippen molar-refractivity contribution in [3.8, 4) is 11.5 Å². The zero-order valence-electron chi connectivity index (χ0n) is 17.6. The molecule has 0 aliphatic carbocycles. The maximum atomic E-state index is 13.0. The van der Waals surface area contributed by atoms with Gasteiger partial charge in [0, 0.05) is 37.3 Å². The SMILES string of the molecule is O=C(c1ccccc1)N1CCN(C(=O)c2cccc(Oc3cccc(C(F)(F)F)c3)c2)CC1. The quantitative estimate of drug-likeness (QED) is 0.552. The number of hydrogen-bond donors (Lipinski definition) is 0. The molecule has 170 valence electrons. The predicted molar refractivity (Wildman–Crippen MR) is 116 cm³/mol. The molecule has 1 heterocycles. The van der Waals surface area contributed by atoms with Crippen LogP contribution in [-0.4, -0.2) is 47.8 Å². The lowest BCUT2D eigenvalue weighted by Crippen LogP contribution is -2.50. The lowest BCUT2D eigenvalue weighted by atomic mass is 10.1. The first-order valence-electron chi connectivity index (χ1n) is 10.4. The molecule has 0 saturated carbocycles. The topological polar surface area (TPSA) is 49.9 Å². The summed E-state index contributed by atoms with van der Waals surface area (Å²) in [5, 5.41) is 0. The van der Waals surface area contributed by atoms with Crippen molar-refractivity contribution in [2.45, 2.75) is 6.18 Å². The second kappa shape index (κ2) is 9.36. The molecular weight excluding hydrogens is 433 g/mol. The number of halogens is 3. The summed E-state index contributed by atoms with van der Waals surface area (Å²) in [5.41, 5.74) is 0.161. The smallest absolute Gasteiger partial charge is 0.416 e. The van der Waals surface area contributed by atoms with Gasteiger partial charge in [0.05, 0.1) is 5.56 Å². The monoisotopic (exact) mass is 454 g/mol. The first-order chi connectivity index (χ1) is 15.8. The van der Waals surface area contributed by atoms with Gasteiger partial charge in [-0.3, -0.25) is 9.59 Å². The summed E-state index contributed by atoms with van der Waals surface area (Å²) >= 11 is 0. The second-order valence-electron chi connectivity index (χ2n) is 7.61. The molecule has 2 amide bonds. The normalized spacial score (nSPS) is 14.2. The summed E-state index contributed by atoms with van der Waals surface area (Å²) < 4.78 is 44.3. The van der Waals surface area contributed by atoms with Gasteiger partial charge >= 0.3 is 6.18 Å². The fourth-order valence-corrected chi connectivity index (χ4v) is 3.62. The van der Waals surface area contributed by atoms with E-state index >= 15 is 0 Å². The largest absolute Gasteiger partial charge is 0.457 e. The van der Waals surface area contributed by atoms with Crippen molar-refractivity contribution in [3.63, 3.8) is 0 Å². The van der Waals surface area contributed by atoms with Crippen molar-refractivity contribution in [1.29, 1.82) is 0 Å². The minimum absolute atomic E-state index is 0.0301.